The highest BCUT2D eigenvalue weighted by atomic mass is 16.6. The molecule has 0 bridgehead atoms. The van der Waals surface area contributed by atoms with Crippen LogP contribution in [0, 0.1) is 28.9 Å². The van der Waals surface area contributed by atoms with E-state index in [1.165, 1.54) is 36.1 Å². The summed E-state index contributed by atoms with van der Waals surface area (Å²) in [6.07, 6.45) is 9.17. The first kappa shape index (κ1) is 48.3. The summed E-state index contributed by atoms with van der Waals surface area (Å²) in [4.78, 5) is 45.8. The van der Waals surface area contributed by atoms with Gasteiger partial charge in [-0.2, -0.15) is 0 Å². The SMILES string of the molecule is COc1cc2c(cc1OC)CC(=O)N(CC1CCCN(CCc3ccc([N+](=O)[O-])cc3)C1)CC2.COc1cc2c(cc1OC)CC(=O)N(CC1CCCN(CCc3cccc(C)c3)C1)CC2. The first-order chi connectivity index (χ1) is 32.0. The number of carbonyl (C=O) groups is 2. The first-order valence-corrected chi connectivity index (χ1v) is 23.8. The molecule has 66 heavy (non-hydrogen) atoms. The van der Waals surface area contributed by atoms with Crippen molar-refractivity contribution in [3.63, 3.8) is 0 Å². The van der Waals surface area contributed by atoms with Gasteiger partial charge in [0.1, 0.15) is 0 Å². The summed E-state index contributed by atoms with van der Waals surface area (Å²) >= 11 is 0. The number of hydrogen-bond donors (Lipinski definition) is 0. The lowest BCUT2D eigenvalue weighted by atomic mass is 9.96. The molecular formula is C53H69N5O8. The predicted molar refractivity (Wildman–Crippen MR) is 257 cm³/mol. The van der Waals surface area contributed by atoms with Crippen molar-refractivity contribution < 1.29 is 33.5 Å². The molecule has 2 amide bonds. The number of carbonyl (C=O) groups excluding carboxylic acids is 2. The summed E-state index contributed by atoms with van der Waals surface area (Å²) in [5.41, 5.74) is 8.43. The highest BCUT2D eigenvalue weighted by molar-refractivity contribution is 5.81. The number of ether oxygens (including phenoxy) is 4. The number of benzene rings is 4. The second-order valence-corrected chi connectivity index (χ2v) is 18.5. The molecule has 0 aromatic heterocycles. The summed E-state index contributed by atoms with van der Waals surface area (Å²) in [5.74, 6) is 4.22. The van der Waals surface area contributed by atoms with E-state index in [2.05, 4.69) is 45.9 Å². The van der Waals surface area contributed by atoms with Gasteiger partial charge in [-0.25, -0.2) is 0 Å². The monoisotopic (exact) mass is 904 g/mol. The van der Waals surface area contributed by atoms with Crippen LogP contribution in [0.1, 0.15) is 64.6 Å². The maximum Gasteiger partial charge on any atom is 0.269 e. The number of likely N-dealkylation sites (tertiary alicyclic amines) is 2. The molecule has 0 N–H and O–H groups in total. The molecule has 2 fully saturated rings. The van der Waals surface area contributed by atoms with E-state index in [1.54, 1.807) is 40.6 Å². The van der Waals surface area contributed by atoms with Gasteiger partial charge >= 0.3 is 0 Å². The molecule has 0 spiro atoms. The fraction of sp³-hybridized carbons (Fsp3) is 0.509. The molecule has 2 atom stereocenters. The number of hydrogen-bond acceptors (Lipinski definition) is 10. The van der Waals surface area contributed by atoms with Crippen molar-refractivity contribution in [1.82, 2.24) is 19.6 Å². The van der Waals surface area contributed by atoms with Gasteiger partial charge in [0.05, 0.1) is 46.2 Å². The van der Waals surface area contributed by atoms with Gasteiger partial charge in [0.15, 0.2) is 23.0 Å². The summed E-state index contributed by atoms with van der Waals surface area (Å²) in [6.45, 7) is 11.6. The van der Waals surface area contributed by atoms with Gasteiger partial charge in [0, 0.05) is 64.5 Å². The third kappa shape index (κ3) is 12.8. The maximum atomic E-state index is 13.1. The van der Waals surface area contributed by atoms with Crippen molar-refractivity contribution in [1.29, 1.82) is 0 Å². The van der Waals surface area contributed by atoms with Crippen LogP contribution in [0.5, 0.6) is 23.0 Å². The number of amides is 2. The van der Waals surface area contributed by atoms with Crippen LogP contribution in [0.3, 0.4) is 0 Å². The molecule has 0 aliphatic carbocycles. The fourth-order valence-corrected chi connectivity index (χ4v) is 10.3. The van der Waals surface area contributed by atoms with Gasteiger partial charge in [-0.3, -0.25) is 19.7 Å². The van der Waals surface area contributed by atoms with E-state index in [9.17, 15) is 19.7 Å². The Morgan fingerprint density at radius 1 is 0.591 bits per heavy atom. The molecule has 4 aromatic carbocycles. The molecule has 0 saturated carbocycles. The number of nitro benzene ring substituents is 1. The van der Waals surface area contributed by atoms with Crippen LogP contribution >= 0.6 is 0 Å². The van der Waals surface area contributed by atoms with Crippen LogP contribution < -0.4 is 18.9 Å². The molecule has 354 valence electrons. The van der Waals surface area contributed by atoms with Crippen LogP contribution in [0.4, 0.5) is 5.69 Å². The van der Waals surface area contributed by atoms with Gasteiger partial charge < -0.3 is 38.5 Å². The maximum absolute atomic E-state index is 13.1. The van der Waals surface area contributed by atoms with Gasteiger partial charge in [-0.05, 0) is 141 Å². The first-order valence-electron chi connectivity index (χ1n) is 23.8. The quantitative estimate of drug-likeness (QED) is 0.0881. The zero-order chi connectivity index (χ0) is 46.6. The van der Waals surface area contributed by atoms with E-state index in [4.69, 9.17) is 18.9 Å². The number of nitrogens with zero attached hydrogens (tertiary/aromatic N) is 5. The standard InChI is InChI=1S/C27H36N2O3.C26H33N3O5/c1-20-6-4-7-21(14-20)9-12-28-11-5-8-22(18-28)19-29-13-10-23-15-25(31-2)26(32-3)16-24(23)17-27(29)30;1-33-24-14-21-10-13-28(26(30)16-22(21)15-25(24)34-2)18-20-4-3-11-27(17-20)12-9-19-5-7-23(8-6-19)29(31)32/h4,6-7,14-16,22H,5,8-13,17-19H2,1-3H3;5-8,14-15,20H,3-4,9-13,16-18H2,1-2H3. The van der Waals surface area contributed by atoms with Gasteiger partial charge in [-0.15, -0.1) is 0 Å². The highest BCUT2D eigenvalue weighted by Crippen LogP contribution is 2.34. The van der Waals surface area contributed by atoms with Crippen molar-refractivity contribution in [2.75, 3.05) is 93.9 Å². The Morgan fingerprint density at radius 3 is 1.48 bits per heavy atom. The topological polar surface area (TPSA) is 127 Å². The Bertz CT molecular complexity index is 2280. The number of piperidine rings is 2. The Hall–Kier alpha value is -5.66. The minimum absolute atomic E-state index is 0.128. The van der Waals surface area contributed by atoms with Gasteiger partial charge in [-0.1, -0.05) is 42.0 Å². The van der Waals surface area contributed by atoms with E-state index in [-0.39, 0.29) is 22.4 Å². The zero-order valence-electron chi connectivity index (χ0n) is 39.7. The van der Waals surface area contributed by atoms with E-state index in [1.807, 2.05) is 41.3 Å². The van der Waals surface area contributed by atoms with Crippen molar-refractivity contribution in [2.24, 2.45) is 11.8 Å². The summed E-state index contributed by atoms with van der Waals surface area (Å²) in [7, 11) is 6.55. The van der Waals surface area contributed by atoms with E-state index in [0.29, 0.717) is 41.9 Å². The lowest BCUT2D eigenvalue weighted by Crippen LogP contribution is -2.44. The molecule has 0 radical (unpaired) electrons. The van der Waals surface area contributed by atoms with Crippen molar-refractivity contribution in [2.45, 2.75) is 71.1 Å². The van der Waals surface area contributed by atoms with Crippen molar-refractivity contribution >= 4 is 17.5 Å². The average molecular weight is 904 g/mol. The molecular weight excluding hydrogens is 835 g/mol. The molecule has 8 rings (SSSR count). The van der Waals surface area contributed by atoms with Crippen LogP contribution in [0.15, 0.2) is 72.8 Å². The molecule has 4 heterocycles. The second kappa shape index (κ2) is 23.2. The Labute approximate surface area is 391 Å². The number of fused-ring (bicyclic) bond motifs is 2. The summed E-state index contributed by atoms with van der Waals surface area (Å²) < 4.78 is 21.8. The molecule has 2 saturated heterocycles. The second-order valence-electron chi connectivity index (χ2n) is 18.5. The molecule has 4 aromatic rings. The number of nitro groups is 1. The van der Waals surface area contributed by atoms with E-state index in [0.717, 1.165) is 125 Å². The number of methoxy groups -OCH3 is 4. The normalized spacial score (nSPS) is 19.1. The third-order valence-corrected chi connectivity index (χ3v) is 13.9. The van der Waals surface area contributed by atoms with Gasteiger partial charge in [0.2, 0.25) is 11.8 Å². The summed E-state index contributed by atoms with van der Waals surface area (Å²) in [5, 5.41) is 10.8. The van der Waals surface area contributed by atoms with E-state index >= 15 is 0 Å². The molecule has 2 unspecified atom stereocenters. The van der Waals surface area contributed by atoms with Gasteiger partial charge in [0.25, 0.3) is 5.69 Å². The average Bonchev–Trinajstić information content (AvgIpc) is 3.58. The molecule has 4 aliphatic rings. The smallest absolute Gasteiger partial charge is 0.269 e. The number of rotatable bonds is 15. The zero-order valence-corrected chi connectivity index (χ0v) is 39.7. The summed E-state index contributed by atoms with van der Waals surface area (Å²) in [6, 6.07) is 23.6. The van der Waals surface area contributed by atoms with Crippen molar-refractivity contribution in [3.8, 4) is 23.0 Å². The minimum atomic E-state index is -0.366. The Morgan fingerprint density at radius 2 is 1.05 bits per heavy atom. The Kier molecular flexibility index (Phi) is 17.0. The molecule has 13 heteroatoms. The van der Waals surface area contributed by atoms with E-state index < -0.39 is 0 Å². The van der Waals surface area contributed by atoms with Crippen LogP contribution in [-0.2, 0) is 48.1 Å². The highest BCUT2D eigenvalue weighted by Gasteiger charge is 2.29. The predicted octanol–water partition coefficient (Wildman–Crippen LogP) is 7.39. The molecule has 13 nitrogen and oxygen atoms in total. The van der Waals surface area contributed by atoms with Crippen molar-refractivity contribution in [3.05, 3.63) is 122 Å². The van der Waals surface area contributed by atoms with Crippen LogP contribution in [0.25, 0.3) is 0 Å². The largest absolute Gasteiger partial charge is 0.493 e. The minimum Gasteiger partial charge on any atom is -0.493 e. The number of aryl methyl sites for hydroxylation is 1. The lowest BCUT2D eigenvalue weighted by molar-refractivity contribution is -0.384. The Balaban J connectivity index is 0.000000197. The van der Waals surface area contributed by atoms with Crippen LogP contribution in [0.2, 0.25) is 0 Å². The fourth-order valence-electron chi connectivity index (χ4n) is 10.3. The lowest BCUT2D eigenvalue weighted by Gasteiger charge is -2.35. The molecule has 4 aliphatic heterocycles. The van der Waals surface area contributed by atoms with Crippen LogP contribution in [-0.4, -0.2) is 130 Å². The third-order valence-electron chi connectivity index (χ3n) is 13.9. The number of non-ortho nitro benzene ring substituents is 1.